The molecular weight excluding hydrogens is 198 g/mol. The molecule has 0 aliphatic carbocycles. The maximum absolute atomic E-state index is 6.10. The van der Waals surface area contributed by atoms with Gasteiger partial charge < -0.3 is 10.1 Å². The minimum Gasteiger partial charge on any atom is -0.496 e. The van der Waals surface area contributed by atoms with Crippen LogP contribution >= 0.6 is 11.6 Å². The summed E-state index contributed by atoms with van der Waals surface area (Å²) in [6.07, 6.45) is 0. The van der Waals surface area contributed by atoms with Gasteiger partial charge in [0.25, 0.3) is 0 Å². The summed E-state index contributed by atoms with van der Waals surface area (Å²) in [5.74, 6) is 0.932. The highest BCUT2D eigenvalue weighted by molar-refractivity contribution is 6.31. The lowest BCUT2D eigenvalue weighted by Gasteiger charge is -2.15. The zero-order valence-electron chi connectivity index (χ0n) is 9.07. The van der Waals surface area contributed by atoms with Crippen LogP contribution < -0.4 is 10.1 Å². The molecule has 2 nitrogen and oxygen atoms in total. The molecule has 78 valence electrons. The highest BCUT2D eigenvalue weighted by Gasteiger charge is 2.11. The fraction of sp³-hybridized carbons (Fsp3) is 0.455. The number of ether oxygens (including phenoxy) is 1. The predicted molar refractivity (Wildman–Crippen MR) is 60.2 cm³/mol. The predicted octanol–water partition coefficient (Wildman–Crippen LogP) is 2.68. The Kier molecular flexibility index (Phi) is 3.78. The third kappa shape index (κ3) is 2.02. The van der Waals surface area contributed by atoms with Gasteiger partial charge in [0, 0.05) is 17.1 Å². The molecule has 0 heterocycles. The van der Waals surface area contributed by atoms with Crippen LogP contribution in [0.1, 0.15) is 16.7 Å². The molecule has 14 heavy (non-hydrogen) atoms. The zero-order chi connectivity index (χ0) is 10.7. The van der Waals surface area contributed by atoms with E-state index < -0.39 is 0 Å². The number of aryl methyl sites for hydroxylation is 1. The Balaban J connectivity index is 3.32. The summed E-state index contributed by atoms with van der Waals surface area (Å²) >= 11 is 6.10. The quantitative estimate of drug-likeness (QED) is 0.834. The van der Waals surface area contributed by atoms with Gasteiger partial charge in [-0.05, 0) is 38.1 Å². The molecule has 0 fully saturated rings. The molecule has 0 aliphatic heterocycles. The van der Waals surface area contributed by atoms with Crippen LogP contribution in [0.2, 0.25) is 5.02 Å². The molecule has 0 bridgehead atoms. The monoisotopic (exact) mass is 213 g/mol. The van der Waals surface area contributed by atoms with Crippen molar-refractivity contribution in [3.63, 3.8) is 0 Å². The second-order valence-electron chi connectivity index (χ2n) is 3.34. The molecule has 0 aromatic heterocycles. The fourth-order valence-corrected chi connectivity index (χ4v) is 1.87. The van der Waals surface area contributed by atoms with E-state index in [1.54, 1.807) is 7.11 Å². The van der Waals surface area contributed by atoms with Crippen LogP contribution in [0, 0.1) is 13.8 Å². The average Bonchev–Trinajstić information content (AvgIpc) is 2.14. The number of rotatable bonds is 3. The molecule has 0 spiro atoms. The summed E-state index contributed by atoms with van der Waals surface area (Å²) in [5, 5.41) is 3.91. The average molecular weight is 214 g/mol. The van der Waals surface area contributed by atoms with Crippen LogP contribution in [-0.4, -0.2) is 14.2 Å². The van der Waals surface area contributed by atoms with Crippen molar-refractivity contribution in [3.8, 4) is 5.75 Å². The zero-order valence-corrected chi connectivity index (χ0v) is 9.83. The Morgan fingerprint density at radius 1 is 1.43 bits per heavy atom. The summed E-state index contributed by atoms with van der Waals surface area (Å²) < 4.78 is 5.37. The Hall–Kier alpha value is -0.730. The summed E-state index contributed by atoms with van der Waals surface area (Å²) in [4.78, 5) is 0. The Labute approximate surface area is 90.2 Å². The summed E-state index contributed by atoms with van der Waals surface area (Å²) in [6.45, 7) is 4.79. The molecule has 0 radical (unpaired) electrons. The topological polar surface area (TPSA) is 21.3 Å². The lowest BCUT2D eigenvalue weighted by atomic mass is 10.0. The van der Waals surface area contributed by atoms with Crippen LogP contribution in [0.4, 0.5) is 0 Å². The third-order valence-corrected chi connectivity index (χ3v) is 2.74. The number of benzene rings is 1. The van der Waals surface area contributed by atoms with E-state index in [4.69, 9.17) is 16.3 Å². The molecule has 0 unspecified atom stereocenters. The standard InChI is InChI=1S/C11H16ClNO/c1-7-5-10(12)8(2)9(6-13-3)11(7)14-4/h5,13H,6H2,1-4H3. The van der Waals surface area contributed by atoms with E-state index in [0.717, 1.165) is 34.0 Å². The van der Waals surface area contributed by atoms with E-state index in [1.807, 2.05) is 27.0 Å². The number of nitrogens with one attached hydrogen (secondary N) is 1. The Morgan fingerprint density at radius 3 is 2.57 bits per heavy atom. The Morgan fingerprint density at radius 2 is 2.07 bits per heavy atom. The highest BCUT2D eigenvalue weighted by Crippen LogP contribution is 2.31. The smallest absolute Gasteiger partial charge is 0.126 e. The molecule has 1 aromatic carbocycles. The Bertz CT molecular complexity index is 337. The van der Waals surface area contributed by atoms with E-state index in [9.17, 15) is 0 Å². The van der Waals surface area contributed by atoms with Gasteiger partial charge in [0.1, 0.15) is 5.75 Å². The molecule has 0 amide bonds. The second-order valence-corrected chi connectivity index (χ2v) is 3.75. The third-order valence-electron chi connectivity index (χ3n) is 2.34. The van der Waals surface area contributed by atoms with Crippen LogP contribution in [-0.2, 0) is 6.54 Å². The van der Waals surface area contributed by atoms with Gasteiger partial charge in [0.15, 0.2) is 0 Å². The van der Waals surface area contributed by atoms with E-state index in [1.165, 1.54) is 0 Å². The van der Waals surface area contributed by atoms with Crippen LogP contribution in [0.25, 0.3) is 0 Å². The van der Waals surface area contributed by atoms with Crippen molar-refractivity contribution in [3.05, 3.63) is 27.8 Å². The first-order chi connectivity index (χ1) is 6.61. The van der Waals surface area contributed by atoms with Crippen molar-refractivity contribution >= 4 is 11.6 Å². The van der Waals surface area contributed by atoms with E-state index in [-0.39, 0.29) is 0 Å². The van der Waals surface area contributed by atoms with Gasteiger partial charge in [0.05, 0.1) is 7.11 Å². The first kappa shape index (κ1) is 11.3. The number of hydrogen-bond acceptors (Lipinski definition) is 2. The van der Waals surface area contributed by atoms with Gasteiger partial charge in [-0.2, -0.15) is 0 Å². The molecule has 1 rings (SSSR count). The first-order valence-electron chi connectivity index (χ1n) is 4.59. The van der Waals surface area contributed by atoms with Gasteiger partial charge in [-0.25, -0.2) is 0 Å². The first-order valence-corrected chi connectivity index (χ1v) is 4.96. The van der Waals surface area contributed by atoms with Gasteiger partial charge in [-0.15, -0.1) is 0 Å². The highest BCUT2D eigenvalue weighted by atomic mass is 35.5. The summed E-state index contributed by atoms with van der Waals surface area (Å²) in [5.41, 5.74) is 3.30. The largest absolute Gasteiger partial charge is 0.496 e. The van der Waals surface area contributed by atoms with Crippen molar-refractivity contribution in [1.29, 1.82) is 0 Å². The molecule has 1 aromatic rings. The van der Waals surface area contributed by atoms with E-state index >= 15 is 0 Å². The minimum atomic E-state index is 0.774. The minimum absolute atomic E-state index is 0.774. The molecule has 0 saturated carbocycles. The number of halogens is 1. The molecule has 0 atom stereocenters. The molecule has 0 saturated heterocycles. The van der Waals surface area contributed by atoms with Gasteiger partial charge in [-0.3, -0.25) is 0 Å². The molecule has 0 aliphatic rings. The molecular formula is C11H16ClNO. The van der Waals surface area contributed by atoms with E-state index in [2.05, 4.69) is 5.32 Å². The number of methoxy groups -OCH3 is 1. The summed E-state index contributed by atoms with van der Waals surface area (Å²) in [6, 6.07) is 1.94. The SMILES string of the molecule is CNCc1c(C)c(Cl)cc(C)c1OC. The van der Waals surface area contributed by atoms with E-state index in [0.29, 0.717) is 0 Å². The molecule has 3 heteroatoms. The van der Waals surface area contributed by atoms with Gasteiger partial charge in [0.2, 0.25) is 0 Å². The second kappa shape index (κ2) is 4.67. The lowest BCUT2D eigenvalue weighted by Crippen LogP contribution is -2.09. The van der Waals surface area contributed by atoms with Crippen LogP contribution in [0.15, 0.2) is 6.07 Å². The van der Waals surface area contributed by atoms with Crippen molar-refractivity contribution < 1.29 is 4.74 Å². The van der Waals surface area contributed by atoms with Crippen molar-refractivity contribution in [2.75, 3.05) is 14.2 Å². The van der Waals surface area contributed by atoms with Gasteiger partial charge >= 0.3 is 0 Å². The summed E-state index contributed by atoms with van der Waals surface area (Å²) in [7, 11) is 3.60. The fourth-order valence-electron chi connectivity index (χ4n) is 1.59. The van der Waals surface area contributed by atoms with Gasteiger partial charge in [-0.1, -0.05) is 11.6 Å². The van der Waals surface area contributed by atoms with Crippen molar-refractivity contribution in [1.82, 2.24) is 5.32 Å². The van der Waals surface area contributed by atoms with Crippen LogP contribution in [0.5, 0.6) is 5.75 Å². The number of hydrogen-bond donors (Lipinski definition) is 1. The van der Waals surface area contributed by atoms with Crippen molar-refractivity contribution in [2.24, 2.45) is 0 Å². The normalized spacial score (nSPS) is 10.4. The maximum atomic E-state index is 6.10. The molecule has 1 N–H and O–H groups in total. The maximum Gasteiger partial charge on any atom is 0.126 e. The van der Waals surface area contributed by atoms with Crippen molar-refractivity contribution in [2.45, 2.75) is 20.4 Å². The van der Waals surface area contributed by atoms with Crippen LogP contribution in [0.3, 0.4) is 0 Å². The lowest BCUT2D eigenvalue weighted by molar-refractivity contribution is 0.405.